The maximum atomic E-state index is 12.3. The van der Waals surface area contributed by atoms with Crippen molar-refractivity contribution in [1.82, 2.24) is 29.3 Å². The lowest BCUT2D eigenvalue weighted by Crippen LogP contribution is -2.18. The molecule has 11 heteroatoms. The van der Waals surface area contributed by atoms with E-state index >= 15 is 0 Å². The highest BCUT2D eigenvalue weighted by molar-refractivity contribution is 7.90. The molecule has 0 amide bonds. The number of hydrogen-bond donors (Lipinski definition) is 0. The Labute approximate surface area is 203 Å². The van der Waals surface area contributed by atoms with E-state index < -0.39 is 9.84 Å². The van der Waals surface area contributed by atoms with Gasteiger partial charge in [0.05, 0.1) is 26.2 Å². The molecule has 0 fully saturated rings. The van der Waals surface area contributed by atoms with E-state index in [4.69, 9.17) is 19.6 Å². The monoisotopic (exact) mass is 494 g/mol. The summed E-state index contributed by atoms with van der Waals surface area (Å²) in [7, 11) is -0.414. The van der Waals surface area contributed by atoms with Gasteiger partial charge in [0.15, 0.2) is 15.7 Å². The normalized spacial score (nSPS) is 15.6. The second-order valence-corrected chi connectivity index (χ2v) is 10.5. The van der Waals surface area contributed by atoms with Crippen molar-refractivity contribution in [3.8, 4) is 28.8 Å². The molecule has 0 radical (unpaired) electrons. The number of rotatable bonds is 6. The van der Waals surface area contributed by atoms with Crippen molar-refractivity contribution < 1.29 is 17.9 Å². The van der Waals surface area contributed by atoms with Gasteiger partial charge in [-0.3, -0.25) is 0 Å². The molecule has 5 rings (SSSR count). The summed E-state index contributed by atoms with van der Waals surface area (Å²) < 4.78 is 39.2. The van der Waals surface area contributed by atoms with E-state index in [9.17, 15) is 8.42 Å². The topological polar surface area (TPSA) is 114 Å². The van der Waals surface area contributed by atoms with E-state index in [-0.39, 0.29) is 10.8 Å². The first-order valence-corrected chi connectivity index (χ1v) is 13.1. The summed E-state index contributed by atoms with van der Waals surface area (Å²) in [5.41, 5.74) is 3.12. The molecule has 0 saturated heterocycles. The summed E-state index contributed by atoms with van der Waals surface area (Å²) in [6, 6.07) is 9.04. The van der Waals surface area contributed by atoms with Crippen LogP contribution in [0, 0.1) is 6.92 Å². The third-order valence-corrected chi connectivity index (χ3v) is 7.23. The van der Waals surface area contributed by atoms with Gasteiger partial charge in [-0.05, 0) is 49.6 Å². The van der Waals surface area contributed by atoms with Crippen LogP contribution in [-0.2, 0) is 16.4 Å². The molecular weight excluding hydrogens is 468 g/mol. The molecule has 1 aliphatic rings. The number of imidazole rings is 1. The molecule has 3 aromatic heterocycles. The van der Waals surface area contributed by atoms with Gasteiger partial charge in [0.25, 0.3) is 0 Å². The maximum Gasteiger partial charge on any atom is 0.238 e. The zero-order chi connectivity index (χ0) is 24.7. The van der Waals surface area contributed by atoms with Crippen LogP contribution < -0.4 is 9.47 Å². The van der Waals surface area contributed by atoms with Crippen molar-refractivity contribution in [2.24, 2.45) is 0 Å². The zero-order valence-corrected chi connectivity index (χ0v) is 20.8. The van der Waals surface area contributed by atoms with Crippen LogP contribution in [0.1, 0.15) is 35.8 Å². The minimum absolute atomic E-state index is 0.0912. The van der Waals surface area contributed by atoms with E-state index in [1.807, 2.05) is 40.6 Å². The van der Waals surface area contributed by atoms with Crippen LogP contribution in [0.2, 0.25) is 0 Å². The van der Waals surface area contributed by atoms with Crippen LogP contribution in [0.5, 0.6) is 11.6 Å². The molecule has 1 aliphatic heterocycles. The minimum atomic E-state index is -3.45. The number of aromatic nitrogens is 6. The molecule has 0 spiro atoms. The number of methoxy groups -OCH3 is 2. The highest BCUT2D eigenvalue weighted by Crippen LogP contribution is 2.36. The van der Waals surface area contributed by atoms with Gasteiger partial charge in [-0.1, -0.05) is 6.07 Å². The van der Waals surface area contributed by atoms with Crippen molar-refractivity contribution in [3.63, 3.8) is 0 Å². The van der Waals surface area contributed by atoms with Crippen LogP contribution in [0.15, 0.2) is 47.8 Å². The van der Waals surface area contributed by atoms with Crippen LogP contribution in [-0.4, -0.2) is 58.2 Å². The van der Waals surface area contributed by atoms with Crippen molar-refractivity contribution in [3.05, 3.63) is 59.9 Å². The Morgan fingerprint density at radius 2 is 1.91 bits per heavy atom. The molecular formula is C24H26N6O4S. The van der Waals surface area contributed by atoms with Crippen LogP contribution in [0.25, 0.3) is 17.2 Å². The lowest BCUT2D eigenvalue weighted by molar-refractivity contribution is 0.396. The number of ether oxygens (including phenoxy) is 2. The fraction of sp³-hybridized carbons (Fsp3) is 0.333. The van der Waals surface area contributed by atoms with Gasteiger partial charge in [-0.25, -0.2) is 28.1 Å². The molecule has 1 atom stereocenters. The summed E-state index contributed by atoms with van der Waals surface area (Å²) in [6.45, 7) is 2.65. The van der Waals surface area contributed by atoms with Crippen molar-refractivity contribution in [2.45, 2.75) is 37.1 Å². The predicted molar refractivity (Wildman–Crippen MR) is 129 cm³/mol. The fourth-order valence-electron chi connectivity index (χ4n) is 4.43. The molecule has 0 saturated carbocycles. The van der Waals surface area contributed by atoms with Gasteiger partial charge in [0.2, 0.25) is 5.88 Å². The zero-order valence-electron chi connectivity index (χ0n) is 20.0. The smallest absolute Gasteiger partial charge is 0.238 e. The SMILES string of the molecule is COc1ccc([C@@H]2CCCn3nc(-c4ccc(-n5cnc(C)c5)c(OC)n4)nc32)cc1S(C)(=O)=O. The summed E-state index contributed by atoms with van der Waals surface area (Å²) in [5, 5.41) is 4.71. The van der Waals surface area contributed by atoms with E-state index in [0.29, 0.717) is 23.1 Å². The maximum absolute atomic E-state index is 12.3. The number of nitrogens with zero attached hydrogens (tertiary/aromatic N) is 6. The van der Waals surface area contributed by atoms with E-state index in [1.165, 1.54) is 13.4 Å². The van der Waals surface area contributed by atoms with Crippen LogP contribution in [0.4, 0.5) is 0 Å². The molecule has 0 aliphatic carbocycles. The first-order chi connectivity index (χ1) is 16.8. The Kier molecular flexibility index (Phi) is 5.79. The Bertz CT molecular complexity index is 1510. The Morgan fingerprint density at radius 3 is 2.60 bits per heavy atom. The fourth-order valence-corrected chi connectivity index (χ4v) is 5.30. The first-order valence-electron chi connectivity index (χ1n) is 11.2. The van der Waals surface area contributed by atoms with Crippen molar-refractivity contribution in [2.75, 3.05) is 20.5 Å². The second-order valence-electron chi connectivity index (χ2n) is 8.54. The highest BCUT2D eigenvalue weighted by atomic mass is 32.2. The average molecular weight is 495 g/mol. The largest absolute Gasteiger partial charge is 0.495 e. The van der Waals surface area contributed by atoms with Gasteiger partial charge >= 0.3 is 0 Å². The van der Waals surface area contributed by atoms with E-state index in [0.717, 1.165) is 42.2 Å². The number of fused-ring (bicyclic) bond motifs is 1. The second kappa shape index (κ2) is 8.81. The van der Waals surface area contributed by atoms with Gasteiger partial charge in [-0.2, -0.15) is 0 Å². The standard InChI is InChI=1S/C24H26N6O4S/c1-15-13-29(14-25-15)19-9-8-18(26-24(19)34-3)22-27-23-17(6-5-11-30(23)28-22)16-7-10-20(33-2)21(12-16)35(4,31)32/h7-10,12-14,17H,5-6,11H2,1-4H3/t17-/m0/s1. The molecule has 182 valence electrons. The molecule has 10 nitrogen and oxygen atoms in total. The third kappa shape index (κ3) is 4.27. The number of benzene rings is 1. The molecule has 35 heavy (non-hydrogen) atoms. The van der Waals surface area contributed by atoms with Gasteiger partial charge < -0.3 is 14.0 Å². The molecule has 0 unspecified atom stereocenters. The molecule has 4 aromatic rings. The summed E-state index contributed by atoms with van der Waals surface area (Å²) in [5.74, 6) is 1.96. The lowest BCUT2D eigenvalue weighted by Gasteiger charge is -2.23. The Balaban J connectivity index is 1.53. The predicted octanol–water partition coefficient (Wildman–Crippen LogP) is 3.18. The minimum Gasteiger partial charge on any atom is -0.495 e. The van der Waals surface area contributed by atoms with Crippen LogP contribution in [0.3, 0.4) is 0 Å². The highest BCUT2D eigenvalue weighted by Gasteiger charge is 2.28. The van der Waals surface area contributed by atoms with E-state index in [1.54, 1.807) is 25.6 Å². The average Bonchev–Trinajstić information content (AvgIpc) is 3.49. The summed E-state index contributed by atoms with van der Waals surface area (Å²) in [6.07, 6.45) is 6.53. The number of aryl methyl sites for hydroxylation is 2. The van der Waals surface area contributed by atoms with Crippen molar-refractivity contribution >= 4 is 9.84 Å². The third-order valence-electron chi connectivity index (χ3n) is 6.12. The lowest BCUT2D eigenvalue weighted by atomic mass is 9.91. The van der Waals surface area contributed by atoms with Crippen molar-refractivity contribution in [1.29, 1.82) is 0 Å². The van der Waals surface area contributed by atoms with Gasteiger partial charge in [-0.15, -0.1) is 5.10 Å². The Hall–Kier alpha value is -3.73. The van der Waals surface area contributed by atoms with Gasteiger partial charge in [0.1, 0.15) is 27.9 Å². The molecule has 1 aromatic carbocycles. The van der Waals surface area contributed by atoms with Crippen LogP contribution >= 0.6 is 0 Å². The Morgan fingerprint density at radius 1 is 1.09 bits per heavy atom. The number of hydrogen-bond acceptors (Lipinski definition) is 8. The van der Waals surface area contributed by atoms with E-state index in [2.05, 4.69) is 9.97 Å². The molecule has 4 heterocycles. The quantitative estimate of drug-likeness (QED) is 0.402. The summed E-state index contributed by atoms with van der Waals surface area (Å²) in [4.78, 5) is 13.9. The summed E-state index contributed by atoms with van der Waals surface area (Å²) >= 11 is 0. The first kappa shape index (κ1) is 23.0. The molecule has 0 bridgehead atoms. The number of pyridine rings is 1. The molecule has 0 N–H and O–H groups in total. The van der Waals surface area contributed by atoms with Gasteiger partial charge in [0, 0.05) is 24.9 Å². The number of sulfone groups is 1.